The predicted molar refractivity (Wildman–Crippen MR) is 286 cm³/mol. The molecule has 70 heavy (non-hydrogen) atoms. The summed E-state index contributed by atoms with van der Waals surface area (Å²) >= 11 is 0. The van der Waals surface area contributed by atoms with Crippen LogP contribution in [-0.2, 0) is 0 Å². The van der Waals surface area contributed by atoms with Gasteiger partial charge in [-0.2, -0.15) is 0 Å². The van der Waals surface area contributed by atoms with E-state index in [1.165, 1.54) is 0 Å². The Bertz CT molecular complexity index is 3790. The van der Waals surface area contributed by atoms with Crippen LogP contribution in [0, 0.1) is 0 Å². The van der Waals surface area contributed by atoms with Gasteiger partial charge in [0.15, 0.2) is 23.3 Å². The van der Waals surface area contributed by atoms with Crippen molar-refractivity contribution in [2.24, 2.45) is 0 Å². The first-order valence-electron chi connectivity index (χ1n) is 23.5. The van der Waals surface area contributed by atoms with Crippen molar-refractivity contribution < 1.29 is 8.83 Å². The van der Waals surface area contributed by atoms with E-state index >= 15 is 0 Å². The first kappa shape index (κ1) is 43.3. The van der Waals surface area contributed by atoms with Crippen molar-refractivity contribution >= 4 is 43.9 Å². The van der Waals surface area contributed by atoms with Crippen LogP contribution >= 0.6 is 0 Å². The number of aromatic nitrogens is 5. The van der Waals surface area contributed by atoms with Crippen LogP contribution < -0.4 is 0 Å². The molecule has 0 spiro atoms. The van der Waals surface area contributed by atoms with Gasteiger partial charge in [-0.3, -0.25) is 0 Å². The maximum atomic E-state index is 6.17. The number of fused-ring (bicyclic) bond motifs is 6. The van der Waals surface area contributed by atoms with Crippen LogP contribution in [0.15, 0.2) is 245 Å². The fraction of sp³-hybridized carbons (Fsp3) is 0.0317. The fourth-order valence-corrected chi connectivity index (χ4v) is 8.89. The van der Waals surface area contributed by atoms with Gasteiger partial charge in [0.25, 0.3) is 0 Å². The smallest absolute Gasteiger partial charge is 0.164 e. The third-order valence-corrected chi connectivity index (χ3v) is 12.1. The van der Waals surface area contributed by atoms with E-state index in [0.717, 1.165) is 99.8 Å². The van der Waals surface area contributed by atoms with Crippen LogP contribution in [-0.4, -0.2) is 24.9 Å². The van der Waals surface area contributed by atoms with E-state index < -0.39 is 0 Å². The third kappa shape index (κ3) is 8.48. The predicted octanol–water partition coefficient (Wildman–Crippen LogP) is 16.8. The van der Waals surface area contributed by atoms with Crippen molar-refractivity contribution in [2.45, 2.75) is 13.8 Å². The summed E-state index contributed by atoms with van der Waals surface area (Å²) in [4.78, 5) is 24.7. The summed E-state index contributed by atoms with van der Waals surface area (Å²) < 4.78 is 12.3. The standard InChI is InChI=1S/C33H21N3O.C28H18N2O.C2H6/c1-3-12-22(13-4-1)31-34-32(23-14-5-2-6-15-23)36-33(35-31)26-17-8-7-16-24(26)25-19-11-21-29-30(25)27-18-9-10-20-28(27)37-29;1-3-10-19(11-4-1)23-18-24(30-28(29-23)20-12-5-2-6-13-20)21-15-9-17-26-27(21)22-14-7-8-16-25(22)31-26;1-2/h1-21H;1-18H;1-2H3. The lowest BCUT2D eigenvalue weighted by Gasteiger charge is -2.12. The van der Waals surface area contributed by atoms with Crippen molar-refractivity contribution in [1.29, 1.82) is 0 Å². The molecule has 0 aliphatic heterocycles. The van der Waals surface area contributed by atoms with Crippen molar-refractivity contribution in [3.8, 4) is 79.2 Å². The Labute approximate surface area is 405 Å². The zero-order valence-electron chi connectivity index (χ0n) is 38.6. The fourth-order valence-electron chi connectivity index (χ4n) is 8.89. The molecule has 0 N–H and O–H groups in total. The molecule has 7 heteroatoms. The molecule has 0 saturated carbocycles. The van der Waals surface area contributed by atoms with E-state index in [1.807, 2.05) is 190 Å². The average Bonchev–Trinajstić information content (AvgIpc) is 4.04. The summed E-state index contributed by atoms with van der Waals surface area (Å²) in [6, 6.07) is 79.4. The Balaban J connectivity index is 0.000000149. The Morgan fingerprint density at radius 2 is 0.614 bits per heavy atom. The largest absolute Gasteiger partial charge is 0.456 e. The van der Waals surface area contributed by atoms with Gasteiger partial charge in [-0.05, 0) is 41.5 Å². The summed E-state index contributed by atoms with van der Waals surface area (Å²) in [6.07, 6.45) is 0. The highest BCUT2D eigenvalue weighted by Crippen LogP contribution is 2.41. The van der Waals surface area contributed by atoms with Gasteiger partial charge in [-0.25, -0.2) is 24.9 Å². The lowest BCUT2D eigenvalue weighted by Crippen LogP contribution is -2.01. The van der Waals surface area contributed by atoms with E-state index in [2.05, 4.69) is 60.7 Å². The molecular formula is C63H45N5O2. The Morgan fingerprint density at radius 3 is 1.14 bits per heavy atom. The van der Waals surface area contributed by atoms with Crippen molar-refractivity contribution in [3.05, 3.63) is 237 Å². The molecule has 0 amide bonds. The van der Waals surface area contributed by atoms with E-state index in [-0.39, 0.29) is 0 Å². The molecule has 0 unspecified atom stereocenters. The number of nitrogens with zero attached hydrogens (tertiary/aromatic N) is 5. The summed E-state index contributed by atoms with van der Waals surface area (Å²) in [5.74, 6) is 2.63. The van der Waals surface area contributed by atoms with Crippen molar-refractivity contribution in [2.75, 3.05) is 0 Å². The molecule has 9 aromatic carbocycles. The number of benzene rings is 9. The van der Waals surface area contributed by atoms with Crippen LogP contribution in [0.3, 0.4) is 0 Å². The molecule has 0 atom stereocenters. The normalized spacial score (nSPS) is 11.0. The van der Waals surface area contributed by atoms with Gasteiger partial charge in [0.05, 0.1) is 11.4 Å². The third-order valence-electron chi connectivity index (χ3n) is 12.1. The van der Waals surface area contributed by atoms with Crippen molar-refractivity contribution in [1.82, 2.24) is 24.9 Å². The summed E-state index contributed by atoms with van der Waals surface area (Å²) in [5.41, 5.74) is 13.3. The number of furan rings is 2. The molecular weight excluding hydrogens is 859 g/mol. The number of para-hydroxylation sites is 2. The van der Waals surface area contributed by atoms with Crippen LogP contribution in [0.5, 0.6) is 0 Å². The van der Waals surface area contributed by atoms with Crippen molar-refractivity contribution in [3.63, 3.8) is 0 Å². The zero-order chi connectivity index (χ0) is 47.2. The van der Waals surface area contributed by atoms with Crippen LogP contribution in [0.1, 0.15) is 13.8 Å². The summed E-state index contributed by atoms with van der Waals surface area (Å²) in [5, 5.41) is 4.35. The number of hydrogen-bond acceptors (Lipinski definition) is 7. The molecule has 4 aromatic heterocycles. The summed E-state index contributed by atoms with van der Waals surface area (Å²) in [6.45, 7) is 4.00. The molecule has 0 radical (unpaired) electrons. The lowest BCUT2D eigenvalue weighted by atomic mass is 9.95. The highest BCUT2D eigenvalue weighted by atomic mass is 16.3. The quantitative estimate of drug-likeness (QED) is 0.157. The van der Waals surface area contributed by atoms with E-state index in [1.54, 1.807) is 0 Å². The minimum atomic E-state index is 0.633. The first-order valence-corrected chi connectivity index (χ1v) is 23.5. The second-order valence-corrected chi connectivity index (χ2v) is 16.3. The molecule has 4 heterocycles. The van der Waals surface area contributed by atoms with Gasteiger partial charge in [-0.1, -0.05) is 220 Å². The topological polar surface area (TPSA) is 90.7 Å². The zero-order valence-corrected chi connectivity index (χ0v) is 38.6. The number of rotatable bonds is 7. The molecule has 0 saturated heterocycles. The average molecular weight is 904 g/mol. The Hall–Kier alpha value is -9.33. The van der Waals surface area contributed by atoms with Gasteiger partial charge in [0, 0.05) is 54.9 Å². The Kier molecular flexibility index (Phi) is 12.0. The highest BCUT2D eigenvalue weighted by molar-refractivity contribution is 6.14. The molecule has 7 nitrogen and oxygen atoms in total. The van der Waals surface area contributed by atoms with E-state index in [9.17, 15) is 0 Å². The maximum Gasteiger partial charge on any atom is 0.164 e. The summed E-state index contributed by atoms with van der Waals surface area (Å²) in [7, 11) is 0. The van der Waals surface area contributed by atoms with Crippen LogP contribution in [0.4, 0.5) is 0 Å². The molecule has 0 aliphatic rings. The van der Waals surface area contributed by atoms with Crippen LogP contribution in [0.25, 0.3) is 123 Å². The molecule has 0 aliphatic carbocycles. The van der Waals surface area contributed by atoms with Gasteiger partial charge >= 0.3 is 0 Å². The second kappa shape index (κ2) is 19.5. The molecule has 0 bridgehead atoms. The highest BCUT2D eigenvalue weighted by Gasteiger charge is 2.20. The first-order chi connectivity index (χ1) is 34.7. The minimum Gasteiger partial charge on any atom is -0.456 e. The molecule has 13 aromatic rings. The molecule has 0 fully saturated rings. The monoisotopic (exact) mass is 903 g/mol. The van der Waals surface area contributed by atoms with E-state index in [0.29, 0.717) is 23.3 Å². The van der Waals surface area contributed by atoms with Gasteiger partial charge in [0.2, 0.25) is 0 Å². The minimum absolute atomic E-state index is 0.633. The molecule has 334 valence electrons. The SMILES string of the molecule is CC.c1ccc(-c2cc(-c3cccc4oc5ccccc5c34)nc(-c3ccccc3)n2)cc1.c1ccc(-c2nc(-c3ccccc3)nc(-c3ccccc3-c3cccc4oc5ccccc5c34)n2)cc1. The Morgan fingerprint density at radius 1 is 0.257 bits per heavy atom. The van der Waals surface area contributed by atoms with Gasteiger partial charge < -0.3 is 8.83 Å². The van der Waals surface area contributed by atoms with E-state index in [4.69, 9.17) is 33.8 Å². The van der Waals surface area contributed by atoms with Gasteiger partial charge in [-0.15, -0.1) is 0 Å². The number of hydrogen-bond donors (Lipinski definition) is 0. The maximum absolute atomic E-state index is 6.17. The molecule has 13 rings (SSSR count). The lowest BCUT2D eigenvalue weighted by molar-refractivity contribution is 0.668. The second-order valence-electron chi connectivity index (χ2n) is 16.3. The van der Waals surface area contributed by atoms with Crippen LogP contribution in [0.2, 0.25) is 0 Å². The van der Waals surface area contributed by atoms with Gasteiger partial charge in [0.1, 0.15) is 22.3 Å².